The lowest BCUT2D eigenvalue weighted by Gasteiger charge is -2.14. The number of hydrogen-bond acceptors (Lipinski definition) is 3. The lowest BCUT2D eigenvalue weighted by atomic mass is 10.1. The fourth-order valence-corrected chi connectivity index (χ4v) is 2.30. The second-order valence-corrected chi connectivity index (χ2v) is 5.83. The van der Waals surface area contributed by atoms with Crippen molar-refractivity contribution in [3.8, 4) is 5.88 Å². The summed E-state index contributed by atoms with van der Waals surface area (Å²) >= 11 is 6.02. The predicted octanol–water partition coefficient (Wildman–Crippen LogP) is 4.75. The summed E-state index contributed by atoms with van der Waals surface area (Å²) < 4.78 is 5.86. The number of rotatable bonds is 8. The fraction of sp³-hybridized carbons (Fsp3) is 0.733. The number of nitrogens with zero attached hydrogens (tertiary/aromatic N) is 2. The number of aromatic nitrogens is 2. The van der Waals surface area contributed by atoms with Gasteiger partial charge in [-0.2, -0.15) is 4.98 Å². The molecule has 0 N–H and O–H groups in total. The summed E-state index contributed by atoms with van der Waals surface area (Å²) in [5.74, 6) is 1.98. The largest absolute Gasteiger partial charge is 0.475 e. The van der Waals surface area contributed by atoms with Crippen molar-refractivity contribution in [1.82, 2.24) is 9.97 Å². The molecular weight excluding hydrogens is 260 g/mol. The van der Waals surface area contributed by atoms with Gasteiger partial charge in [0.15, 0.2) is 0 Å². The van der Waals surface area contributed by atoms with E-state index in [1.54, 1.807) is 6.07 Å². The van der Waals surface area contributed by atoms with Crippen molar-refractivity contribution in [3.05, 3.63) is 17.0 Å². The van der Waals surface area contributed by atoms with E-state index in [9.17, 15) is 0 Å². The van der Waals surface area contributed by atoms with Crippen LogP contribution in [0.4, 0.5) is 0 Å². The number of hydrogen-bond donors (Lipinski definition) is 0. The van der Waals surface area contributed by atoms with Gasteiger partial charge >= 0.3 is 0 Å². The number of unbranched alkanes of at least 4 members (excludes halogenated alkanes) is 3. The predicted molar refractivity (Wildman–Crippen MR) is 77.9 cm³/mol. The molecule has 0 saturated heterocycles. The maximum Gasteiger partial charge on any atom is 0.218 e. The van der Waals surface area contributed by atoms with Crippen LogP contribution in [0.2, 0.25) is 5.15 Å². The fourth-order valence-electron chi connectivity index (χ4n) is 2.12. The first-order valence-electron chi connectivity index (χ1n) is 7.40. The number of ether oxygens (including phenoxy) is 1. The molecule has 19 heavy (non-hydrogen) atoms. The minimum absolute atomic E-state index is 0.190. The molecule has 0 bridgehead atoms. The number of halogens is 1. The van der Waals surface area contributed by atoms with Crippen LogP contribution in [0, 0.1) is 0 Å². The van der Waals surface area contributed by atoms with Crippen LogP contribution < -0.4 is 4.74 Å². The van der Waals surface area contributed by atoms with E-state index in [0.29, 0.717) is 17.0 Å². The molecule has 1 fully saturated rings. The highest BCUT2D eigenvalue weighted by atomic mass is 35.5. The van der Waals surface area contributed by atoms with Crippen molar-refractivity contribution in [2.75, 3.05) is 0 Å². The summed E-state index contributed by atoms with van der Waals surface area (Å²) in [7, 11) is 0. The minimum atomic E-state index is 0.190. The Labute approximate surface area is 120 Å². The zero-order valence-electron chi connectivity index (χ0n) is 11.9. The molecule has 1 aliphatic rings. The van der Waals surface area contributed by atoms with E-state index in [4.69, 9.17) is 16.3 Å². The molecule has 0 amide bonds. The Morgan fingerprint density at radius 2 is 2.11 bits per heavy atom. The molecule has 2 rings (SSSR count). The van der Waals surface area contributed by atoms with Crippen molar-refractivity contribution in [3.63, 3.8) is 0 Å². The Balaban J connectivity index is 1.83. The average Bonchev–Trinajstić information content (AvgIpc) is 3.18. The Bertz CT molecular complexity index is 407. The average molecular weight is 283 g/mol. The zero-order valence-corrected chi connectivity index (χ0v) is 12.6. The summed E-state index contributed by atoms with van der Waals surface area (Å²) in [5.41, 5.74) is 0. The monoisotopic (exact) mass is 282 g/mol. The summed E-state index contributed by atoms with van der Waals surface area (Å²) in [5, 5.41) is 0.491. The summed E-state index contributed by atoms with van der Waals surface area (Å²) in [6.45, 7) is 4.32. The van der Waals surface area contributed by atoms with Gasteiger partial charge in [-0.25, -0.2) is 4.98 Å². The molecular formula is C15H23ClN2O. The van der Waals surface area contributed by atoms with E-state index in [-0.39, 0.29) is 6.10 Å². The van der Waals surface area contributed by atoms with Gasteiger partial charge in [-0.05, 0) is 32.6 Å². The van der Waals surface area contributed by atoms with Crippen LogP contribution >= 0.6 is 11.6 Å². The van der Waals surface area contributed by atoms with Crippen molar-refractivity contribution in [2.45, 2.75) is 70.8 Å². The molecule has 1 aromatic heterocycles. The quantitative estimate of drug-likeness (QED) is 0.510. The molecule has 0 aliphatic heterocycles. The lowest BCUT2D eigenvalue weighted by molar-refractivity contribution is 0.197. The highest BCUT2D eigenvalue weighted by molar-refractivity contribution is 6.29. The van der Waals surface area contributed by atoms with E-state index >= 15 is 0 Å². The maximum absolute atomic E-state index is 6.02. The van der Waals surface area contributed by atoms with Crippen LogP contribution in [0.5, 0.6) is 5.88 Å². The highest BCUT2D eigenvalue weighted by Crippen LogP contribution is 2.39. The Morgan fingerprint density at radius 3 is 2.79 bits per heavy atom. The Hall–Kier alpha value is -0.830. The van der Waals surface area contributed by atoms with E-state index in [1.807, 2.05) is 0 Å². The molecule has 0 aromatic carbocycles. The van der Waals surface area contributed by atoms with Gasteiger partial charge in [0, 0.05) is 12.0 Å². The first-order valence-corrected chi connectivity index (χ1v) is 7.78. The van der Waals surface area contributed by atoms with Gasteiger partial charge in [-0.3, -0.25) is 0 Å². The van der Waals surface area contributed by atoms with Crippen LogP contribution in [0.25, 0.3) is 0 Å². The first-order chi connectivity index (χ1) is 9.19. The molecule has 0 spiro atoms. The SMILES string of the molecule is CCCCCCC(C)Oc1cc(Cl)nc(C2CC2)n1. The molecule has 4 heteroatoms. The van der Waals surface area contributed by atoms with Gasteiger partial charge in [0.2, 0.25) is 5.88 Å². The van der Waals surface area contributed by atoms with Crippen LogP contribution in [0.1, 0.15) is 70.5 Å². The van der Waals surface area contributed by atoms with Crippen molar-refractivity contribution >= 4 is 11.6 Å². The lowest BCUT2D eigenvalue weighted by Crippen LogP contribution is -2.13. The molecule has 1 saturated carbocycles. The summed E-state index contributed by atoms with van der Waals surface area (Å²) in [4.78, 5) is 8.73. The Kier molecular flexibility index (Phi) is 5.44. The van der Waals surface area contributed by atoms with E-state index in [2.05, 4.69) is 23.8 Å². The van der Waals surface area contributed by atoms with E-state index in [1.165, 1.54) is 38.5 Å². The topological polar surface area (TPSA) is 35.0 Å². The van der Waals surface area contributed by atoms with Crippen LogP contribution in [-0.2, 0) is 0 Å². The Morgan fingerprint density at radius 1 is 1.32 bits per heavy atom. The summed E-state index contributed by atoms with van der Waals surface area (Å²) in [6.07, 6.45) is 8.67. The van der Waals surface area contributed by atoms with Crippen molar-refractivity contribution in [2.24, 2.45) is 0 Å². The van der Waals surface area contributed by atoms with Crippen LogP contribution in [-0.4, -0.2) is 16.1 Å². The molecule has 106 valence electrons. The van der Waals surface area contributed by atoms with E-state index < -0.39 is 0 Å². The third-order valence-electron chi connectivity index (χ3n) is 3.42. The highest BCUT2D eigenvalue weighted by Gasteiger charge is 2.27. The third kappa shape index (κ3) is 4.98. The smallest absolute Gasteiger partial charge is 0.218 e. The van der Waals surface area contributed by atoms with E-state index in [0.717, 1.165) is 12.2 Å². The van der Waals surface area contributed by atoms with Gasteiger partial charge < -0.3 is 4.74 Å². The molecule has 1 aromatic rings. The van der Waals surface area contributed by atoms with Gasteiger partial charge in [-0.1, -0.05) is 37.8 Å². The molecule has 3 nitrogen and oxygen atoms in total. The van der Waals surface area contributed by atoms with Crippen molar-refractivity contribution < 1.29 is 4.74 Å². The summed E-state index contributed by atoms with van der Waals surface area (Å²) in [6, 6.07) is 1.72. The second kappa shape index (κ2) is 7.09. The van der Waals surface area contributed by atoms with Crippen LogP contribution in [0.15, 0.2) is 6.07 Å². The molecule has 1 heterocycles. The van der Waals surface area contributed by atoms with Crippen LogP contribution in [0.3, 0.4) is 0 Å². The van der Waals surface area contributed by atoms with Gasteiger partial charge in [0.1, 0.15) is 11.0 Å². The zero-order chi connectivity index (χ0) is 13.7. The standard InChI is InChI=1S/C15H23ClN2O/c1-3-4-5-6-7-11(2)19-14-10-13(16)17-15(18-14)12-8-9-12/h10-12H,3-9H2,1-2H3. The maximum atomic E-state index is 6.02. The molecule has 1 atom stereocenters. The second-order valence-electron chi connectivity index (χ2n) is 5.44. The molecule has 1 aliphatic carbocycles. The molecule has 1 unspecified atom stereocenters. The van der Waals surface area contributed by atoms with Gasteiger partial charge in [-0.15, -0.1) is 0 Å². The van der Waals surface area contributed by atoms with Gasteiger partial charge in [0.25, 0.3) is 0 Å². The normalized spacial score (nSPS) is 16.4. The first kappa shape index (κ1) is 14.6. The minimum Gasteiger partial charge on any atom is -0.475 e. The van der Waals surface area contributed by atoms with Gasteiger partial charge in [0.05, 0.1) is 6.10 Å². The van der Waals surface area contributed by atoms with Crippen molar-refractivity contribution in [1.29, 1.82) is 0 Å². The third-order valence-corrected chi connectivity index (χ3v) is 3.61. The molecule has 0 radical (unpaired) electrons.